The predicted molar refractivity (Wildman–Crippen MR) is 77.2 cm³/mol. The topological polar surface area (TPSA) is 46.0 Å². The number of phenols is 1. The van der Waals surface area contributed by atoms with E-state index in [1.807, 2.05) is 30.3 Å². The fraction of sp³-hybridized carbons (Fsp3) is 0.0667. The molecule has 0 saturated carbocycles. The van der Waals surface area contributed by atoms with Crippen LogP contribution in [0.5, 0.6) is 5.75 Å². The van der Waals surface area contributed by atoms with Crippen molar-refractivity contribution >= 4 is 22.5 Å². The molecular weight excluding hydrogens is 256 g/mol. The third-order valence-electron chi connectivity index (χ3n) is 2.85. The number of fused-ring (bicyclic) bond motifs is 1. The lowest BCUT2D eigenvalue weighted by Crippen LogP contribution is -1.87. The van der Waals surface area contributed by atoms with Crippen LogP contribution in [0.25, 0.3) is 10.8 Å². The molecule has 0 radical (unpaired) electrons. The Balaban J connectivity index is 1.91. The smallest absolute Gasteiger partial charge is 0.123 e. The first-order valence-corrected chi connectivity index (χ1v) is 6.91. The standard InChI is InChI=1S/C15H12N2OS/c18-14-5-6-15(13-4-2-1-3-12(13)14)19-10-11-9-16-7-8-17-11/h1-9,18H,10H2. The van der Waals surface area contributed by atoms with Crippen molar-refractivity contribution in [3.8, 4) is 5.75 Å². The van der Waals surface area contributed by atoms with E-state index in [1.165, 1.54) is 0 Å². The van der Waals surface area contributed by atoms with Crippen molar-refractivity contribution in [1.82, 2.24) is 9.97 Å². The number of phenolic OH excluding ortho intramolecular Hbond substituents is 1. The van der Waals surface area contributed by atoms with Crippen LogP contribution in [0, 0.1) is 0 Å². The van der Waals surface area contributed by atoms with E-state index in [4.69, 9.17) is 0 Å². The van der Waals surface area contributed by atoms with Crippen LogP contribution in [-0.4, -0.2) is 15.1 Å². The number of aromatic hydroxyl groups is 1. The first-order chi connectivity index (χ1) is 9.34. The molecule has 0 aliphatic carbocycles. The summed E-state index contributed by atoms with van der Waals surface area (Å²) < 4.78 is 0. The lowest BCUT2D eigenvalue weighted by Gasteiger charge is -2.07. The highest BCUT2D eigenvalue weighted by Gasteiger charge is 2.05. The molecule has 0 fully saturated rings. The summed E-state index contributed by atoms with van der Waals surface area (Å²) in [5, 5.41) is 11.8. The largest absolute Gasteiger partial charge is 0.507 e. The lowest BCUT2D eigenvalue weighted by atomic mass is 10.1. The Kier molecular flexibility index (Phi) is 3.33. The van der Waals surface area contributed by atoms with Gasteiger partial charge < -0.3 is 5.11 Å². The molecule has 0 bridgehead atoms. The fourth-order valence-corrected chi connectivity index (χ4v) is 2.89. The summed E-state index contributed by atoms with van der Waals surface area (Å²) in [4.78, 5) is 9.45. The maximum absolute atomic E-state index is 9.85. The van der Waals surface area contributed by atoms with E-state index in [-0.39, 0.29) is 0 Å². The van der Waals surface area contributed by atoms with Crippen LogP contribution in [0.2, 0.25) is 0 Å². The number of thioether (sulfide) groups is 1. The Morgan fingerprint density at radius 1 is 1.00 bits per heavy atom. The number of benzene rings is 2. The minimum Gasteiger partial charge on any atom is -0.507 e. The van der Waals surface area contributed by atoms with E-state index in [1.54, 1.807) is 36.4 Å². The van der Waals surface area contributed by atoms with Crippen LogP contribution < -0.4 is 0 Å². The number of aromatic nitrogens is 2. The normalized spacial score (nSPS) is 10.7. The second-order valence-electron chi connectivity index (χ2n) is 4.11. The maximum Gasteiger partial charge on any atom is 0.123 e. The molecule has 0 aliphatic heterocycles. The Morgan fingerprint density at radius 3 is 2.63 bits per heavy atom. The Labute approximate surface area is 115 Å². The summed E-state index contributed by atoms with van der Waals surface area (Å²) in [6.45, 7) is 0. The zero-order valence-corrected chi connectivity index (χ0v) is 11.0. The molecular formula is C15H12N2OS. The summed E-state index contributed by atoms with van der Waals surface area (Å²) >= 11 is 1.70. The molecule has 0 amide bonds. The van der Waals surface area contributed by atoms with E-state index in [9.17, 15) is 5.11 Å². The highest BCUT2D eigenvalue weighted by Crippen LogP contribution is 2.34. The molecule has 2 aromatic carbocycles. The predicted octanol–water partition coefficient (Wildman–Crippen LogP) is 3.63. The van der Waals surface area contributed by atoms with Crippen molar-refractivity contribution < 1.29 is 5.11 Å². The quantitative estimate of drug-likeness (QED) is 0.737. The van der Waals surface area contributed by atoms with Gasteiger partial charge in [0, 0.05) is 34.6 Å². The first kappa shape index (κ1) is 12.0. The van der Waals surface area contributed by atoms with Gasteiger partial charge in [0.2, 0.25) is 0 Å². The first-order valence-electron chi connectivity index (χ1n) is 5.93. The Hall–Kier alpha value is -2.07. The van der Waals surface area contributed by atoms with Gasteiger partial charge in [0.25, 0.3) is 0 Å². The monoisotopic (exact) mass is 268 g/mol. The van der Waals surface area contributed by atoms with Gasteiger partial charge in [-0.15, -0.1) is 11.8 Å². The summed E-state index contributed by atoms with van der Waals surface area (Å²) in [5.41, 5.74) is 0.949. The van der Waals surface area contributed by atoms with Crippen molar-refractivity contribution in [3.05, 3.63) is 60.7 Å². The van der Waals surface area contributed by atoms with E-state index >= 15 is 0 Å². The van der Waals surface area contributed by atoms with Gasteiger partial charge in [-0.25, -0.2) is 0 Å². The number of hydrogen-bond acceptors (Lipinski definition) is 4. The van der Waals surface area contributed by atoms with Crippen molar-refractivity contribution in [3.63, 3.8) is 0 Å². The van der Waals surface area contributed by atoms with Crippen LogP contribution in [0.1, 0.15) is 5.69 Å². The van der Waals surface area contributed by atoms with Crippen molar-refractivity contribution in [2.45, 2.75) is 10.6 Å². The molecule has 4 heteroatoms. The van der Waals surface area contributed by atoms with Gasteiger partial charge in [-0.1, -0.05) is 24.3 Å². The average Bonchev–Trinajstić information content (AvgIpc) is 2.48. The van der Waals surface area contributed by atoms with Gasteiger partial charge in [0.1, 0.15) is 5.75 Å². The third-order valence-corrected chi connectivity index (χ3v) is 3.96. The van der Waals surface area contributed by atoms with Crippen LogP contribution >= 0.6 is 11.8 Å². The van der Waals surface area contributed by atoms with Crippen molar-refractivity contribution in [1.29, 1.82) is 0 Å². The zero-order valence-electron chi connectivity index (χ0n) is 10.2. The zero-order chi connectivity index (χ0) is 13.1. The Bertz CT molecular complexity index is 701. The van der Waals surface area contributed by atoms with Gasteiger partial charge in [-0.2, -0.15) is 0 Å². The van der Waals surface area contributed by atoms with Gasteiger partial charge >= 0.3 is 0 Å². The van der Waals surface area contributed by atoms with Gasteiger partial charge in [0.15, 0.2) is 0 Å². The average molecular weight is 268 g/mol. The van der Waals surface area contributed by atoms with Crippen LogP contribution in [0.4, 0.5) is 0 Å². The van der Waals surface area contributed by atoms with Crippen molar-refractivity contribution in [2.24, 2.45) is 0 Å². The number of nitrogens with zero attached hydrogens (tertiary/aromatic N) is 2. The summed E-state index contributed by atoms with van der Waals surface area (Å²) in [6.07, 6.45) is 5.14. The molecule has 19 heavy (non-hydrogen) atoms. The minimum absolute atomic E-state index is 0.319. The molecule has 1 aromatic heterocycles. The Morgan fingerprint density at radius 2 is 1.84 bits per heavy atom. The van der Waals surface area contributed by atoms with Gasteiger partial charge in [0.05, 0.1) is 5.69 Å². The molecule has 1 N–H and O–H groups in total. The molecule has 3 aromatic rings. The molecule has 0 spiro atoms. The molecule has 3 rings (SSSR count). The highest BCUT2D eigenvalue weighted by molar-refractivity contribution is 7.98. The lowest BCUT2D eigenvalue weighted by molar-refractivity contribution is 0.481. The van der Waals surface area contributed by atoms with Crippen LogP contribution in [-0.2, 0) is 5.75 Å². The second kappa shape index (κ2) is 5.28. The highest BCUT2D eigenvalue weighted by atomic mass is 32.2. The van der Waals surface area contributed by atoms with E-state index < -0.39 is 0 Å². The molecule has 3 nitrogen and oxygen atoms in total. The molecule has 94 valence electrons. The van der Waals surface area contributed by atoms with Gasteiger partial charge in [-0.3, -0.25) is 9.97 Å². The molecule has 0 saturated heterocycles. The SMILES string of the molecule is Oc1ccc(SCc2cnccn2)c2ccccc12. The number of rotatable bonds is 3. The van der Waals surface area contributed by atoms with E-state index in [0.717, 1.165) is 27.1 Å². The number of hydrogen-bond donors (Lipinski definition) is 1. The fourth-order valence-electron chi connectivity index (χ4n) is 1.94. The minimum atomic E-state index is 0.319. The van der Waals surface area contributed by atoms with E-state index in [2.05, 4.69) is 9.97 Å². The second-order valence-corrected chi connectivity index (χ2v) is 5.13. The van der Waals surface area contributed by atoms with Crippen LogP contribution in [0.15, 0.2) is 59.9 Å². The molecule has 0 aliphatic rings. The van der Waals surface area contributed by atoms with E-state index in [0.29, 0.717) is 5.75 Å². The summed E-state index contributed by atoms with van der Waals surface area (Å²) in [6, 6.07) is 11.5. The van der Waals surface area contributed by atoms with Crippen LogP contribution in [0.3, 0.4) is 0 Å². The van der Waals surface area contributed by atoms with Gasteiger partial charge in [-0.05, 0) is 17.5 Å². The summed E-state index contributed by atoms with van der Waals surface area (Å²) in [7, 11) is 0. The molecule has 0 unspecified atom stereocenters. The van der Waals surface area contributed by atoms with Crippen molar-refractivity contribution in [2.75, 3.05) is 0 Å². The molecule has 1 heterocycles. The summed E-state index contributed by atoms with van der Waals surface area (Å²) in [5.74, 6) is 1.09. The molecule has 0 atom stereocenters. The maximum atomic E-state index is 9.85. The third kappa shape index (κ3) is 2.53.